The van der Waals surface area contributed by atoms with Crippen LogP contribution in [-0.4, -0.2) is 44.3 Å². The van der Waals surface area contributed by atoms with E-state index < -0.39 is 10.0 Å². The van der Waals surface area contributed by atoms with Gasteiger partial charge < -0.3 is 11.1 Å². The molecular formula is C15H26ClN3O3S2. The average molecular weight is 396 g/mol. The third-order valence-corrected chi connectivity index (χ3v) is 7.48. The fourth-order valence-electron chi connectivity index (χ4n) is 2.43. The van der Waals surface area contributed by atoms with Crippen molar-refractivity contribution >= 4 is 39.7 Å². The molecule has 1 aromatic heterocycles. The molecular weight excluding hydrogens is 370 g/mol. The maximum absolute atomic E-state index is 12.6. The van der Waals surface area contributed by atoms with E-state index in [4.69, 9.17) is 5.73 Å². The van der Waals surface area contributed by atoms with E-state index in [0.29, 0.717) is 36.9 Å². The molecule has 3 N–H and O–H groups in total. The van der Waals surface area contributed by atoms with E-state index in [1.807, 2.05) is 6.92 Å². The number of carbonyl (C=O) groups excluding carboxylic acids is 1. The maximum Gasteiger partial charge on any atom is 0.261 e. The van der Waals surface area contributed by atoms with E-state index in [2.05, 4.69) is 12.2 Å². The van der Waals surface area contributed by atoms with Crippen LogP contribution in [0.5, 0.6) is 0 Å². The van der Waals surface area contributed by atoms with Crippen LogP contribution in [0.3, 0.4) is 0 Å². The molecule has 1 aliphatic rings. The van der Waals surface area contributed by atoms with Gasteiger partial charge in [-0.2, -0.15) is 4.31 Å². The normalized spacial score (nSPS) is 18.0. The Labute approximate surface area is 154 Å². The van der Waals surface area contributed by atoms with E-state index >= 15 is 0 Å². The second-order valence-corrected chi connectivity index (χ2v) is 9.48. The van der Waals surface area contributed by atoms with Crippen molar-refractivity contribution in [2.75, 3.05) is 19.6 Å². The summed E-state index contributed by atoms with van der Waals surface area (Å²) in [6.07, 6.45) is 2.46. The van der Waals surface area contributed by atoms with Crippen LogP contribution < -0.4 is 11.1 Å². The van der Waals surface area contributed by atoms with Crippen LogP contribution >= 0.6 is 23.7 Å². The molecule has 1 unspecified atom stereocenters. The first-order valence-corrected chi connectivity index (χ1v) is 10.2. The van der Waals surface area contributed by atoms with Gasteiger partial charge in [-0.05, 0) is 44.2 Å². The number of nitrogens with zero attached hydrogens (tertiary/aromatic N) is 1. The molecule has 0 aliphatic carbocycles. The highest BCUT2D eigenvalue weighted by atomic mass is 35.5. The Morgan fingerprint density at radius 3 is 2.62 bits per heavy atom. The summed E-state index contributed by atoms with van der Waals surface area (Å²) < 4.78 is 27.0. The lowest BCUT2D eigenvalue weighted by molar-refractivity contribution is 0.0957. The number of sulfonamides is 1. The smallest absolute Gasteiger partial charge is 0.261 e. The summed E-state index contributed by atoms with van der Waals surface area (Å²) in [5.74, 6) is 0.320. The lowest BCUT2D eigenvalue weighted by atomic mass is 10.0. The Bertz CT molecular complexity index is 638. The van der Waals surface area contributed by atoms with Gasteiger partial charge in [-0.3, -0.25) is 4.79 Å². The third kappa shape index (κ3) is 5.42. The number of amides is 1. The molecule has 0 spiro atoms. The minimum absolute atomic E-state index is 0. The third-order valence-electron chi connectivity index (χ3n) is 4.03. The van der Waals surface area contributed by atoms with Crippen LogP contribution in [0.2, 0.25) is 0 Å². The van der Waals surface area contributed by atoms with Crippen molar-refractivity contribution < 1.29 is 13.2 Å². The van der Waals surface area contributed by atoms with Crippen molar-refractivity contribution in [2.24, 2.45) is 11.7 Å². The van der Waals surface area contributed by atoms with Gasteiger partial charge in [0.2, 0.25) is 0 Å². The monoisotopic (exact) mass is 395 g/mol. The second-order valence-electron chi connectivity index (χ2n) is 6.23. The van der Waals surface area contributed by atoms with Crippen molar-refractivity contribution in [3.05, 3.63) is 17.0 Å². The van der Waals surface area contributed by atoms with E-state index in [0.717, 1.165) is 24.2 Å². The van der Waals surface area contributed by atoms with Crippen molar-refractivity contribution in [3.63, 3.8) is 0 Å². The highest BCUT2D eigenvalue weighted by molar-refractivity contribution is 7.91. The summed E-state index contributed by atoms with van der Waals surface area (Å²) in [6.45, 7) is 5.61. The second kappa shape index (κ2) is 9.15. The summed E-state index contributed by atoms with van der Waals surface area (Å²) in [5, 5.41) is 2.76. The molecule has 1 fully saturated rings. The predicted octanol–water partition coefficient (Wildman–Crippen LogP) is 2.06. The first kappa shape index (κ1) is 21.4. The molecule has 0 bridgehead atoms. The largest absolute Gasteiger partial charge is 0.351 e. The number of hydrogen-bond donors (Lipinski definition) is 2. The quantitative estimate of drug-likeness (QED) is 0.770. The van der Waals surface area contributed by atoms with Crippen molar-refractivity contribution in [3.8, 4) is 0 Å². The molecule has 1 amide bonds. The molecule has 0 saturated carbocycles. The van der Waals surface area contributed by atoms with Crippen LogP contribution in [0.4, 0.5) is 0 Å². The van der Waals surface area contributed by atoms with Crippen LogP contribution in [0.1, 0.15) is 42.8 Å². The number of thiophene rings is 1. The molecule has 24 heavy (non-hydrogen) atoms. The number of nitrogens with one attached hydrogen (secondary N) is 1. The highest BCUT2D eigenvalue weighted by Gasteiger charge is 2.29. The van der Waals surface area contributed by atoms with Gasteiger partial charge in [0.05, 0.1) is 4.88 Å². The van der Waals surface area contributed by atoms with Gasteiger partial charge in [0.1, 0.15) is 4.21 Å². The summed E-state index contributed by atoms with van der Waals surface area (Å²) >= 11 is 1.03. The molecule has 2 rings (SSSR count). The highest BCUT2D eigenvalue weighted by Crippen LogP contribution is 2.28. The first-order valence-electron chi connectivity index (χ1n) is 7.94. The molecule has 1 aromatic rings. The minimum Gasteiger partial charge on any atom is -0.351 e. The van der Waals surface area contributed by atoms with Gasteiger partial charge in [0, 0.05) is 25.7 Å². The topological polar surface area (TPSA) is 92.5 Å². The van der Waals surface area contributed by atoms with Crippen LogP contribution in [0, 0.1) is 5.92 Å². The number of hydrogen-bond acceptors (Lipinski definition) is 5. The Morgan fingerprint density at radius 1 is 1.42 bits per heavy atom. The Kier molecular flexibility index (Phi) is 8.14. The van der Waals surface area contributed by atoms with Gasteiger partial charge in [-0.15, -0.1) is 23.7 Å². The van der Waals surface area contributed by atoms with E-state index in [-0.39, 0.29) is 28.6 Å². The zero-order valence-corrected chi connectivity index (χ0v) is 16.5. The van der Waals surface area contributed by atoms with Gasteiger partial charge in [-0.25, -0.2) is 8.42 Å². The molecule has 1 saturated heterocycles. The van der Waals surface area contributed by atoms with E-state index in [1.54, 1.807) is 6.07 Å². The molecule has 1 aliphatic heterocycles. The molecule has 138 valence electrons. The first-order chi connectivity index (χ1) is 10.8. The zero-order chi connectivity index (χ0) is 17.0. The molecule has 2 heterocycles. The molecule has 0 radical (unpaired) electrons. The van der Waals surface area contributed by atoms with Gasteiger partial charge >= 0.3 is 0 Å². The van der Waals surface area contributed by atoms with E-state index in [9.17, 15) is 13.2 Å². The minimum atomic E-state index is -3.48. The number of rotatable bonds is 6. The van der Waals surface area contributed by atoms with Crippen molar-refractivity contribution in [2.45, 2.75) is 43.4 Å². The van der Waals surface area contributed by atoms with Crippen LogP contribution in [-0.2, 0) is 10.0 Å². The Balaban J connectivity index is 0.00000288. The van der Waals surface area contributed by atoms with Gasteiger partial charge in [-0.1, -0.05) is 6.92 Å². The predicted molar refractivity (Wildman–Crippen MR) is 99.3 cm³/mol. The number of carbonyl (C=O) groups is 1. The summed E-state index contributed by atoms with van der Waals surface area (Å²) in [5.41, 5.74) is 5.64. The number of piperidine rings is 1. The molecule has 6 nitrogen and oxygen atoms in total. The molecule has 0 aromatic carbocycles. The molecule has 9 heteroatoms. The Morgan fingerprint density at radius 2 is 2.04 bits per heavy atom. The summed E-state index contributed by atoms with van der Waals surface area (Å²) in [7, 11) is -3.48. The Hall–Kier alpha value is -0.670. The summed E-state index contributed by atoms with van der Waals surface area (Å²) in [6, 6.07) is 3.13. The number of halogens is 1. The average Bonchev–Trinajstić information content (AvgIpc) is 2.98. The molecule has 1 atom stereocenters. The standard InChI is InChI=1S/C15H25N3O3S2.ClH/c1-11-6-9-18(10-7-11)23(20,21)14-4-3-13(22-14)15(19)17-8-5-12(2)16;/h3-4,11-12H,5-10,16H2,1-2H3,(H,17,19);1H. The maximum atomic E-state index is 12.6. The van der Waals surface area contributed by atoms with Crippen molar-refractivity contribution in [1.82, 2.24) is 9.62 Å². The van der Waals surface area contributed by atoms with E-state index in [1.165, 1.54) is 10.4 Å². The lowest BCUT2D eigenvalue weighted by Crippen LogP contribution is -2.37. The van der Waals surface area contributed by atoms with Gasteiger partial charge in [0.25, 0.3) is 15.9 Å². The van der Waals surface area contributed by atoms with Gasteiger partial charge in [0.15, 0.2) is 0 Å². The number of nitrogens with two attached hydrogens (primary N) is 1. The van der Waals surface area contributed by atoms with Crippen LogP contribution in [0.25, 0.3) is 0 Å². The van der Waals surface area contributed by atoms with Crippen LogP contribution in [0.15, 0.2) is 16.3 Å². The lowest BCUT2D eigenvalue weighted by Gasteiger charge is -2.28. The fraction of sp³-hybridized carbons (Fsp3) is 0.667. The zero-order valence-electron chi connectivity index (χ0n) is 14.0. The van der Waals surface area contributed by atoms with Crippen molar-refractivity contribution in [1.29, 1.82) is 0 Å². The fourth-order valence-corrected chi connectivity index (χ4v) is 5.28. The summed E-state index contributed by atoms with van der Waals surface area (Å²) in [4.78, 5) is 12.5. The SMILES string of the molecule is CC(N)CCNC(=O)c1ccc(S(=O)(=O)N2CCC(C)CC2)s1.Cl.